The second kappa shape index (κ2) is 5.06. The maximum atomic E-state index is 13.6. The summed E-state index contributed by atoms with van der Waals surface area (Å²) in [6.07, 6.45) is 0. The number of ether oxygens (including phenoxy) is 1. The third kappa shape index (κ3) is 2.88. The van der Waals surface area contributed by atoms with E-state index in [9.17, 15) is 13.6 Å². The molecule has 0 bridgehead atoms. The highest BCUT2D eigenvalue weighted by molar-refractivity contribution is 5.87. The second-order valence-corrected chi connectivity index (χ2v) is 3.96. The summed E-state index contributed by atoms with van der Waals surface area (Å²) in [6.45, 7) is 1.60. The van der Waals surface area contributed by atoms with E-state index >= 15 is 0 Å². The molecule has 0 heterocycles. The van der Waals surface area contributed by atoms with Gasteiger partial charge in [0.15, 0.2) is 11.6 Å². The van der Waals surface area contributed by atoms with E-state index in [1.165, 1.54) is 24.3 Å². The third-order valence-corrected chi connectivity index (χ3v) is 2.55. The molecule has 19 heavy (non-hydrogen) atoms. The molecule has 2 aromatic rings. The van der Waals surface area contributed by atoms with Crippen LogP contribution in [0.3, 0.4) is 0 Å². The molecule has 0 radical (unpaired) electrons. The molecule has 0 saturated heterocycles. The highest BCUT2D eigenvalue weighted by Gasteiger charge is 2.10. The van der Waals surface area contributed by atoms with Crippen molar-refractivity contribution in [2.75, 3.05) is 0 Å². The normalized spacial score (nSPS) is 10.3. The Morgan fingerprint density at radius 3 is 2.42 bits per heavy atom. The van der Waals surface area contributed by atoms with Gasteiger partial charge in [-0.3, -0.25) is 0 Å². The highest BCUT2D eigenvalue weighted by Crippen LogP contribution is 2.26. The van der Waals surface area contributed by atoms with Gasteiger partial charge in [0, 0.05) is 6.07 Å². The molecule has 0 fully saturated rings. The lowest BCUT2D eigenvalue weighted by molar-refractivity contribution is 0.0696. The molecule has 5 heteroatoms. The summed E-state index contributed by atoms with van der Waals surface area (Å²) in [7, 11) is 0. The van der Waals surface area contributed by atoms with Crippen LogP contribution in [-0.4, -0.2) is 11.1 Å². The molecule has 0 aliphatic carbocycles. The molecule has 0 saturated carbocycles. The maximum absolute atomic E-state index is 13.6. The minimum absolute atomic E-state index is 0.144. The van der Waals surface area contributed by atoms with Crippen molar-refractivity contribution in [2.45, 2.75) is 6.92 Å². The standard InChI is InChI=1S/C14H10F2O3/c1-8-2-4-10(7-11(8)15)19-13-5-3-9(14(17)18)6-12(13)16/h2-7H,1H3,(H,17,18). The SMILES string of the molecule is Cc1ccc(Oc2ccc(C(=O)O)cc2F)cc1F. The summed E-state index contributed by atoms with van der Waals surface area (Å²) < 4.78 is 32.1. The number of carboxylic acid groups (broad SMARTS) is 1. The number of aryl methyl sites for hydroxylation is 1. The molecule has 98 valence electrons. The number of hydrogen-bond donors (Lipinski definition) is 1. The van der Waals surface area contributed by atoms with E-state index < -0.39 is 17.6 Å². The average Bonchev–Trinajstić information content (AvgIpc) is 2.36. The van der Waals surface area contributed by atoms with Gasteiger partial charge < -0.3 is 9.84 Å². The fourth-order valence-electron chi connectivity index (χ4n) is 1.48. The third-order valence-electron chi connectivity index (χ3n) is 2.55. The van der Waals surface area contributed by atoms with Crippen molar-refractivity contribution in [1.82, 2.24) is 0 Å². The lowest BCUT2D eigenvalue weighted by Gasteiger charge is -2.08. The molecular weight excluding hydrogens is 254 g/mol. The van der Waals surface area contributed by atoms with Gasteiger partial charge >= 0.3 is 5.97 Å². The van der Waals surface area contributed by atoms with Crippen LogP contribution in [0.4, 0.5) is 8.78 Å². The molecular formula is C14H10F2O3. The topological polar surface area (TPSA) is 46.5 Å². The monoisotopic (exact) mass is 264 g/mol. The summed E-state index contributed by atoms with van der Waals surface area (Å²) in [5.41, 5.74) is 0.272. The second-order valence-electron chi connectivity index (χ2n) is 3.96. The Morgan fingerprint density at radius 1 is 1.11 bits per heavy atom. The van der Waals surface area contributed by atoms with Gasteiger partial charge in [-0.05, 0) is 36.8 Å². The van der Waals surface area contributed by atoms with E-state index in [1.807, 2.05) is 0 Å². The predicted molar refractivity (Wildman–Crippen MR) is 64.6 cm³/mol. The van der Waals surface area contributed by atoms with Crippen molar-refractivity contribution in [3.05, 3.63) is 59.2 Å². The summed E-state index contributed by atoms with van der Waals surface area (Å²) >= 11 is 0. The Bertz CT molecular complexity index is 639. The van der Waals surface area contributed by atoms with Crippen LogP contribution < -0.4 is 4.74 Å². The van der Waals surface area contributed by atoms with Crippen LogP contribution in [0.25, 0.3) is 0 Å². The average molecular weight is 264 g/mol. The first-order chi connectivity index (χ1) is 8.97. The summed E-state index contributed by atoms with van der Waals surface area (Å²) in [6, 6.07) is 7.40. The zero-order valence-electron chi connectivity index (χ0n) is 9.98. The van der Waals surface area contributed by atoms with Crippen molar-refractivity contribution in [2.24, 2.45) is 0 Å². The first-order valence-electron chi connectivity index (χ1n) is 5.44. The molecule has 0 spiro atoms. The summed E-state index contributed by atoms with van der Waals surface area (Å²) in [5.74, 6) is -2.52. The van der Waals surface area contributed by atoms with Crippen molar-refractivity contribution in [1.29, 1.82) is 0 Å². The van der Waals surface area contributed by atoms with Gasteiger partial charge in [0.2, 0.25) is 0 Å². The van der Waals surface area contributed by atoms with Crippen LogP contribution in [-0.2, 0) is 0 Å². The zero-order valence-corrected chi connectivity index (χ0v) is 9.98. The van der Waals surface area contributed by atoms with Crippen LogP contribution in [0.2, 0.25) is 0 Å². The highest BCUT2D eigenvalue weighted by atomic mass is 19.1. The Morgan fingerprint density at radius 2 is 1.84 bits per heavy atom. The fourth-order valence-corrected chi connectivity index (χ4v) is 1.48. The van der Waals surface area contributed by atoms with Gasteiger partial charge in [-0.1, -0.05) is 6.07 Å². The fraction of sp³-hybridized carbons (Fsp3) is 0.0714. The number of rotatable bonds is 3. The lowest BCUT2D eigenvalue weighted by atomic mass is 10.2. The maximum Gasteiger partial charge on any atom is 0.335 e. The first kappa shape index (κ1) is 13.0. The molecule has 2 aromatic carbocycles. The van der Waals surface area contributed by atoms with Crippen LogP contribution in [0.5, 0.6) is 11.5 Å². The van der Waals surface area contributed by atoms with E-state index in [1.54, 1.807) is 6.92 Å². The molecule has 0 amide bonds. The van der Waals surface area contributed by atoms with E-state index in [2.05, 4.69) is 0 Å². The molecule has 3 nitrogen and oxygen atoms in total. The van der Waals surface area contributed by atoms with Gasteiger partial charge in [0.1, 0.15) is 11.6 Å². The van der Waals surface area contributed by atoms with Crippen LogP contribution in [0.1, 0.15) is 15.9 Å². The van der Waals surface area contributed by atoms with Gasteiger partial charge in [-0.25, -0.2) is 13.6 Å². The Hall–Kier alpha value is -2.43. The van der Waals surface area contributed by atoms with Gasteiger partial charge in [0.05, 0.1) is 5.56 Å². The summed E-state index contributed by atoms with van der Waals surface area (Å²) in [5, 5.41) is 8.70. The Kier molecular flexibility index (Phi) is 3.46. The number of halogens is 2. The number of aromatic carboxylic acids is 1. The van der Waals surface area contributed by atoms with E-state index in [4.69, 9.17) is 9.84 Å². The van der Waals surface area contributed by atoms with E-state index in [0.29, 0.717) is 5.56 Å². The summed E-state index contributed by atoms with van der Waals surface area (Å²) in [4.78, 5) is 10.6. The quantitative estimate of drug-likeness (QED) is 0.918. The zero-order chi connectivity index (χ0) is 14.0. The van der Waals surface area contributed by atoms with E-state index in [-0.39, 0.29) is 17.1 Å². The largest absolute Gasteiger partial charge is 0.478 e. The van der Waals surface area contributed by atoms with Crippen LogP contribution in [0.15, 0.2) is 36.4 Å². The number of hydrogen-bond acceptors (Lipinski definition) is 2. The number of benzene rings is 2. The minimum atomic E-state index is -1.23. The molecule has 0 atom stereocenters. The molecule has 0 aliphatic heterocycles. The molecule has 1 N–H and O–H groups in total. The lowest BCUT2D eigenvalue weighted by Crippen LogP contribution is -1.98. The predicted octanol–water partition coefficient (Wildman–Crippen LogP) is 3.76. The smallest absolute Gasteiger partial charge is 0.335 e. The van der Waals surface area contributed by atoms with Gasteiger partial charge in [-0.15, -0.1) is 0 Å². The van der Waals surface area contributed by atoms with Crippen LogP contribution in [0, 0.1) is 18.6 Å². The van der Waals surface area contributed by atoms with Crippen molar-refractivity contribution in [3.63, 3.8) is 0 Å². The molecule has 0 unspecified atom stereocenters. The minimum Gasteiger partial charge on any atom is -0.478 e. The van der Waals surface area contributed by atoms with Crippen molar-refractivity contribution in [3.8, 4) is 11.5 Å². The number of carbonyl (C=O) groups is 1. The Balaban J connectivity index is 2.28. The van der Waals surface area contributed by atoms with Crippen molar-refractivity contribution < 1.29 is 23.4 Å². The van der Waals surface area contributed by atoms with Crippen LogP contribution >= 0.6 is 0 Å². The van der Waals surface area contributed by atoms with Gasteiger partial charge in [-0.2, -0.15) is 0 Å². The Labute approximate surface area is 108 Å². The molecule has 0 aromatic heterocycles. The van der Waals surface area contributed by atoms with Gasteiger partial charge in [0.25, 0.3) is 0 Å². The number of carboxylic acids is 1. The van der Waals surface area contributed by atoms with Crippen molar-refractivity contribution >= 4 is 5.97 Å². The molecule has 2 rings (SSSR count). The molecule has 0 aliphatic rings. The van der Waals surface area contributed by atoms with E-state index in [0.717, 1.165) is 12.1 Å². The first-order valence-corrected chi connectivity index (χ1v) is 5.44.